The Morgan fingerprint density at radius 2 is 1.71 bits per heavy atom. The van der Waals surface area contributed by atoms with Crippen molar-refractivity contribution in [2.75, 3.05) is 17.2 Å². The first-order valence-corrected chi connectivity index (χ1v) is 11.2. The van der Waals surface area contributed by atoms with E-state index in [4.69, 9.17) is 4.74 Å². The van der Waals surface area contributed by atoms with E-state index in [-0.39, 0.29) is 23.6 Å². The van der Waals surface area contributed by atoms with Gasteiger partial charge in [0.05, 0.1) is 11.3 Å². The maximum atomic E-state index is 13.7. The molecule has 35 heavy (non-hydrogen) atoms. The molecular formula is C26H22FN5O3. The number of rotatable bonds is 8. The molecular weight excluding hydrogens is 449 g/mol. The first-order valence-electron chi connectivity index (χ1n) is 11.2. The number of hydrogen-bond donors (Lipinski definition) is 3. The van der Waals surface area contributed by atoms with Gasteiger partial charge in [-0.2, -0.15) is 5.10 Å². The quantitative estimate of drug-likeness (QED) is 0.343. The molecule has 0 unspecified atom stereocenters. The summed E-state index contributed by atoms with van der Waals surface area (Å²) in [5.74, 6) is 0.780. The lowest BCUT2D eigenvalue weighted by Crippen LogP contribution is -2.22. The predicted molar refractivity (Wildman–Crippen MR) is 129 cm³/mol. The Kier molecular flexibility index (Phi) is 6.21. The summed E-state index contributed by atoms with van der Waals surface area (Å²) in [6, 6.07) is 19.6. The van der Waals surface area contributed by atoms with Gasteiger partial charge in [0.15, 0.2) is 12.4 Å². The number of benzene rings is 3. The fourth-order valence-electron chi connectivity index (χ4n) is 3.52. The number of carbonyl (C=O) groups excluding carboxylic acids is 2. The molecule has 8 nitrogen and oxygen atoms in total. The average Bonchev–Trinajstić information content (AvgIpc) is 3.61. The van der Waals surface area contributed by atoms with Gasteiger partial charge in [-0.1, -0.05) is 24.3 Å². The van der Waals surface area contributed by atoms with Gasteiger partial charge >= 0.3 is 0 Å². The molecule has 1 aliphatic carbocycles. The Balaban J connectivity index is 1.21. The van der Waals surface area contributed by atoms with Crippen LogP contribution >= 0.6 is 0 Å². The van der Waals surface area contributed by atoms with Crippen molar-refractivity contribution in [2.24, 2.45) is 0 Å². The average molecular weight is 471 g/mol. The van der Waals surface area contributed by atoms with Crippen molar-refractivity contribution in [2.45, 2.75) is 18.8 Å². The van der Waals surface area contributed by atoms with Crippen molar-refractivity contribution in [3.05, 3.63) is 90.0 Å². The third-order valence-electron chi connectivity index (χ3n) is 5.51. The van der Waals surface area contributed by atoms with Crippen molar-refractivity contribution in [3.63, 3.8) is 0 Å². The van der Waals surface area contributed by atoms with Gasteiger partial charge in [0.2, 0.25) is 0 Å². The topological polar surface area (TPSA) is 109 Å². The number of para-hydroxylation sites is 2. The number of nitrogens with one attached hydrogen (secondary N) is 3. The predicted octanol–water partition coefficient (Wildman–Crippen LogP) is 4.76. The molecule has 176 valence electrons. The summed E-state index contributed by atoms with van der Waals surface area (Å²) in [5.41, 5.74) is 1.75. The van der Waals surface area contributed by atoms with Gasteiger partial charge in [0, 0.05) is 17.2 Å². The summed E-state index contributed by atoms with van der Waals surface area (Å²) in [6.45, 7) is -0.382. The van der Waals surface area contributed by atoms with E-state index in [1.807, 2.05) is 12.1 Å². The number of nitrogens with zero attached hydrogens (tertiary/aromatic N) is 2. The van der Waals surface area contributed by atoms with Gasteiger partial charge in [-0.05, 0) is 61.4 Å². The van der Waals surface area contributed by atoms with Gasteiger partial charge in [-0.15, -0.1) is 0 Å². The minimum Gasteiger partial charge on any atom is -0.483 e. The molecule has 3 N–H and O–H groups in total. The molecule has 9 heteroatoms. The molecule has 0 saturated heterocycles. The molecule has 1 heterocycles. The highest BCUT2D eigenvalue weighted by atomic mass is 19.1. The highest BCUT2D eigenvalue weighted by molar-refractivity contribution is 6.06. The molecule has 0 radical (unpaired) electrons. The van der Waals surface area contributed by atoms with Crippen LogP contribution in [-0.4, -0.2) is 33.6 Å². The molecule has 2 amide bonds. The zero-order valence-electron chi connectivity index (χ0n) is 18.6. The summed E-state index contributed by atoms with van der Waals surface area (Å²) < 4.78 is 19.3. The number of aromatic amines is 1. The molecule has 0 spiro atoms. The molecule has 0 bridgehead atoms. The molecule has 1 saturated carbocycles. The maximum absolute atomic E-state index is 13.7. The van der Waals surface area contributed by atoms with Crippen LogP contribution in [0.25, 0.3) is 11.4 Å². The number of ether oxygens (including phenoxy) is 1. The largest absolute Gasteiger partial charge is 0.483 e. The number of carbonyl (C=O) groups is 2. The van der Waals surface area contributed by atoms with Crippen LogP contribution in [0.2, 0.25) is 0 Å². The molecule has 1 aliphatic rings. The molecule has 4 aromatic rings. The number of halogens is 1. The first-order chi connectivity index (χ1) is 17.1. The standard InChI is InChI=1S/C26H22FN5O3/c27-20-6-2-3-7-21(20)29-23(33)15-35-22-8-4-1-5-19(22)26(34)28-18-13-11-17(12-14-18)25-30-24(31-32-25)16-9-10-16/h1-8,11-14,16H,9-10,15H2,(H,28,34)(H,29,33)(H,30,31,32). The van der Waals surface area contributed by atoms with Crippen LogP contribution in [-0.2, 0) is 4.79 Å². The van der Waals surface area contributed by atoms with E-state index in [0.717, 1.165) is 24.2 Å². The lowest BCUT2D eigenvalue weighted by Gasteiger charge is -2.12. The molecule has 1 aromatic heterocycles. The van der Waals surface area contributed by atoms with Crippen molar-refractivity contribution >= 4 is 23.2 Å². The number of hydrogen-bond acceptors (Lipinski definition) is 5. The second kappa shape index (κ2) is 9.76. The summed E-state index contributed by atoms with van der Waals surface area (Å²) in [6.07, 6.45) is 2.28. The highest BCUT2D eigenvalue weighted by Gasteiger charge is 2.27. The van der Waals surface area contributed by atoms with Gasteiger partial charge < -0.3 is 15.4 Å². The smallest absolute Gasteiger partial charge is 0.262 e. The van der Waals surface area contributed by atoms with Gasteiger partial charge in [0.1, 0.15) is 17.4 Å². The van der Waals surface area contributed by atoms with E-state index < -0.39 is 17.6 Å². The Morgan fingerprint density at radius 1 is 0.971 bits per heavy atom. The van der Waals surface area contributed by atoms with Gasteiger partial charge in [-0.25, -0.2) is 9.37 Å². The molecule has 0 aliphatic heterocycles. The van der Waals surface area contributed by atoms with E-state index in [1.165, 1.54) is 18.2 Å². The van der Waals surface area contributed by atoms with Crippen molar-refractivity contribution in [3.8, 4) is 17.1 Å². The monoisotopic (exact) mass is 471 g/mol. The summed E-state index contributed by atoms with van der Waals surface area (Å²) >= 11 is 0. The highest BCUT2D eigenvalue weighted by Crippen LogP contribution is 2.38. The maximum Gasteiger partial charge on any atom is 0.262 e. The van der Waals surface area contributed by atoms with Crippen molar-refractivity contribution in [1.29, 1.82) is 0 Å². The number of H-pyrrole nitrogens is 1. The fourth-order valence-corrected chi connectivity index (χ4v) is 3.52. The van der Waals surface area contributed by atoms with Crippen LogP contribution in [0.15, 0.2) is 72.8 Å². The van der Waals surface area contributed by atoms with Crippen LogP contribution in [0, 0.1) is 5.82 Å². The number of anilines is 2. The number of amides is 2. The minimum absolute atomic E-state index is 0.0596. The Bertz CT molecular complexity index is 1370. The van der Waals surface area contributed by atoms with E-state index in [0.29, 0.717) is 17.4 Å². The Hall–Kier alpha value is -4.53. The lowest BCUT2D eigenvalue weighted by molar-refractivity contribution is -0.118. The third kappa shape index (κ3) is 5.35. The minimum atomic E-state index is -0.544. The second-order valence-electron chi connectivity index (χ2n) is 8.16. The van der Waals surface area contributed by atoms with Crippen LogP contribution < -0.4 is 15.4 Å². The van der Waals surface area contributed by atoms with E-state index in [1.54, 1.807) is 42.5 Å². The lowest BCUT2D eigenvalue weighted by atomic mass is 10.1. The van der Waals surface area contributed by atoms with E-state index in [9.17, 15) is 14.0 Å². The molecule has 0 atom stereocenters. The van der Waals surface area contributed by atoms with Gasteiger partial charge in [-0.3, -0.25) is 14.7 Å². The van der Waals surface area contributed by atoms with E-state index in [2.05, 4.69) is 25.8 Å². The van der Waals surface area contributed by atoms with Crippen LogP contribution in [0.1, 0.15) is 34.9 Å². The Morgan fingerprint density at radius 3 is 2.49 bits per heavy atom. The fraction of sp³-hybridized carbons (Fsp3) is 0.154. The van der Waals surface area contributed by atoms with Gasteiger partial charge in [0.25, 0.3) is 11.8 Å². The molecule has 1 fully saturated rings. The summed E-state index contributed by atoms with van der Waals surface area (Å²) in [7, 11) is 0. The van der Waals surface area contributed by atoms with Crippen molar-refractivity contribution in [1.82, 2.24) is 15.2 Å². The normalized spacial score (nSPS) is 12.7. The Labute approximate surface area is 200 Å². The zero-order valence-corrected chi connectivity index (χ0v) is 18.6. The SMILES string of the molecule is O=C(COc1ccccc1C(=O)Nc1ccc(-c2n[nH]c(C3CC3)n2)cc1)Nc1ccccc1F. The van der Waals surface area contributed by atoms with Crippen LogP contribution in [0.4, 0.5) is 15.8 Å². The van der Waals surface area contributed by atoms with E-state index >= 15 is 0 Å². The van der Waals surface area contributed by atoms with Crippen LogP contribution in [0.5, 0.6) is 5.75 Å². The second-order valence-corrected chi connectivity index (χ2v) is 8.16. The summed E-state index contributed by atoms with van der Waals surface area (Å²) in [4.78, 5) is 29.6. The third-order valence-corrected chi connectivity index (χ3v) is 5.51. The molecule has 3 aromatic carbocycles. The van der Waals surface area contributed by atoms with Crippen LogP contribution in [0.3, 0.4) is 0 Å². The van der Waals surface area contributed by atoms with Crippen molar-refractivity contribution < 1.29 is 18.7 Å². The number of aromatic nitrogens is 3. The zero-order chi connectivity index (χ0) is 24.2. The first kappa shape index (κ1) is 22.3. The molecule has 5 rings (SSSR count). The summed E-state index contributed by atoms with van der Waals surface area (Å²) in [5, 5.41) is 12.5.